The van der Waals surface area contributed by atoms with Crippen LogP contribution in [-0.4, -0.2) is 60.2 Å². The van der Waals surface area contributed by atoms with Gasteiger partial charge in [-0.25, -0.2) is 13.6 Å². The number of hydrogen-bond donors (Lipinski definition) is 3. The second-order valence-corrected chi connectivity index (χ2v) is 13.6. The molecule has 0 bridgehead atoms. The van der Waals surface area contributed by atoms with Crippen LogP contribution in [0.15, 0.2) is 103 Å². The molecule has 11 nitrogen and oxygen atoms in total. The van der Waals surface area contributed by atoms with Crippen molar-refractivity contribution >= 4 is 53.7 Å². The second-order valence-electron chi connectivity index (χ2n) is 12.8. The topological polar surface area (TPSA) is 174 Å². The van der Waals surface area contributed by atoms with E-state index in [2.05, 4.69) is 0 Å². The van der Waals surface area contributed by atoms with Crippen LogP contribution in [0.4, 0.5) is 17.6 Å². The van der Waals surface area contributed by atoms with Crippen molar-refractivity contribution in [1.82, 2.24) is 0 Å². The highest BCUT2D eigenvalue weighted by atomic mass is 35.5. The molecule has 5 rings (SSSR count). The number of aliphatic hydroxyl groups is 1. The SMILES string of the molecule is CF.CF.Cc1ccc(COc2ccc(C(C)O)c(F)c2)cc1.Cc1ccc(COc2ccc(C(C)OC(=O)CC=O)c(F)c2)cc1.O=C(O)c1c(Cl)cccc1Cl.O=CCC(=O)O. The Labute approximate surface area is 379 Å². The highest BCUT2D eigenvalue weighted by molar-refractivity contribution is 6.39. The molecule has 3 N–H and O–H groups in total. The first-order valence-electron chi connectivity index (χ1n) is 18.8. The zero-order valence-corrected chi connectivity index (χ0v) is 37.3. The van der Waals surface area contributed by atoms with Gasteiger partial charge in [0, 0.05) is 23.3 Å². The van der Waals surface area contributed by atoms with E-state index < -0.39 is 41.8 Å². The predicted octanol–water partition coefficient (Wildman–Crippen LogP) is 11.2. The van der Waals surface area contributed by atoms with E-state index in [1.54, 1.807) is 31.2 Å². The molecule has 0 aliphatic heterocycles. The van der Waals surface area contributed by atoms with Crippen LogP contribution >= 0.6 is 23.2 Å². The van der Waals surface area contributed by atoms with Crippen LogP contribution in [0.25, 0.3) is 0 Å². The summed E-state index contributed by atoms with van der Waals surface area (Å²) in [5, 5.41) is 25.9. The number of alkyl halides is 2. The van der Waals surface area contributed by atoms with E-state index in [9.17, 15) is 46.6 Å². The molecule has 0 amide bonds. The number of aliphatic carboxylic acids is 1. The summed E-state index contributed by atoms with van der Waals surface area (Å²) in [4.78, 5) is 50.6. The number of carboxylic acid groups (broad SMARTS) is 2. The van der Waals surface area contributed by atoms with E-state index in [4.69, 9.17) is 47.6 Å². The van der Waals surface area contributed by atoms with E-state index in [1.165, 1.54) is 42.8 Å². The average Bonchev–Trinajstić information content (AvgIpc) is 3.25. The normalized spacial score (nSPS) is 10.5. The number of aldehydes is 2. The smallest absolute Gasteiger partial charge is 0.338 e. The lowest BCUT2D eigenvalue weighted by Gasteiger charge is -2.15. The number of esters is 1. The summed E-state index contributed by atoms with van der Waals surface area (Å²) in [5.41, 5.74) is 4.84. The quantitative estimate of drug-likeness (QED) is 0.0418. The van der Waals surface area contributed by atoms with Crippen molar-refractivity contribution in [1.29, 1.82) is 0 Å². The van der Waals surface area contributed by atoms with E-state index in [0.717, 1.165) is 16.7 Å². The van der Waals surface area contributed by atoms with Crippen LogP contribution < -0.4 is 9.47 Å². The van der Waals surface area contributed by atoms with Crippen LogP contribution in [0, 0.1) is 25.5 Å². The first-order valence-corrected chi connectivity index (χ1v) is 19.6. The van der Waals surface area contributed by atoms with Gasteiger partial charge in [-0.1, -0.05) is 88.9 Å². The zero-order chi connectivity index (χ0) is 48.8. The van der Waals surface area contributed by atoms with Crippen LogP contribution in [-0.2, 0) is 37.1 Å². The fraction of sp³-hybridized carbons (Fsp3) is 0.255. The Morgan fingerprint density at radius 3 is 1.36 bits per heavy atom. The number of rotatable bonds is 14. The molecule has 0 heterocycles. The number of aliphatic hydroxyl groups excluding tert-OH is 1. The Morgan fingerprint density at radius 1 is 0.641 bits per heavy atom. The van der Waals surface area contributed by atoms with Gasteiger partial charge in [0.1, 0.15) is 67.9 Å². The van der Waals surface area contributed by atoms with Crippen LogP contribution in [0.3, 0.4) is 0 Å². The van der Waals surface area contributed by atoms with Gasteiger partial charge in [0.2, 0.25) is 0 Å². The van der Waals surface area contributed by atoms with Crippen molar-refractivity contribution in [2.75, 3.05) is 14.4 Å². The number of carbonyl (C=O) groups is 5. The van der Waals surface area contributed by atoms with Crippen molar-refractivity contribution in [3.63, 3.8) is 0 Å². The molecule has 0 spiro atoms. The minimum Gasteiger partial charge on any atom is -0.489 e. The summed E-state index contributed by atoms with van der Waals surface area (Å²) in [6.07, 6.45) is -1.52. The minimum atomic E-state index is -1.11. The number of carboxylic acids is 2. The molecular weight excluding hydrogens is 887 g/mol. The molecular formula is C47H50Cl2F4O11. The van der Waals surface area contributed by atoms with Gasteiger partial charge < -0.3 is 39.1 Å². The fourth-order valence-corrected chi connectivity index (χ4v) is 5.28. The van der Waals surface area contributed by atoms with Crippen LogP contribution in [0.5, 0.6) is 11.5 Å². The number of hydrogen-bond acceptors (Lipinski definition) is 9. The molecule has 5 aromatic carbocycles. The Hall–Kier alpha value is -6.29. The molecule has 2 atom stereocenters. The molecule has 0 aromatic heterocycles. The van der Waals surface area contributed by atoms with Crippen molar-refractivity contribution < 1.29 is 71.1 Å². The summed E-state index contributed by atoms with van der Waals surface area (Å²) >= 11 is 11.1. The third-order valence-corrected chi connectivity index (χ3v) is 8.51. The van der Waals surface area contributed by atoms with E-state index in [-0.39, 0.29) is 39.6 Å². The largest absolute Gasteiger partial charge is 0.489 e. The molecule has 0 aliphatic rings. The van der Waals surface area contributed by atoms with Gasteiger partial charge >= 0.3 is 17.9 Å². The third kappa shape index (κ3) is 22.7. The molecule has 0 fully saturated rings. The van der Waals surface area contributed by atoms with Gasteiger partial charge in [0.15, 0.2) is 0 Å². The summed E-state index contributed by atoms with van der Waals surface area (Å²) < 4.78 is 62.9. The lowest BCUT2D eigenvalue weighted by molar-refractivity contribution is -0.149. The van der Waals surface area contributed by atoms with Gasteiger partial charge in [-0.3, -0.25) is 18.4 Å². The van der Waals surface area contributed by atoms with E-state index in [0.29, 0.717) is 51.6 Å². The summed E-state index contributed by atoms with van der Waals surface area (Å²) in [6, 6.07) is 29.3. The molecule has 17 heteroatoms. The Kier molecular flexibility index (Phi) is 29.2. The van der Waals surface area contributed by atoms with Crippen molar-refractivity contribution in [2.45, 2.75) is 66.0 Å². The van der Waals surface area contributed by atoms with Gasteiger partial charge in [-0.05, 0) is 75.2 Å². The average molecular weight is 938 g/mol. The number of benzene rings is 5. The second kappa shape index (κ2) is 32.4. The number of aromatic carboxylic acids is 1. The molecule has 0 saturated carbocycles. The summed E-state index contributed by atoms with van der Waals surface area (Å²) in [5.74, 6) is -2.99. The number of aryl methyl sites for hydroxylation is 2. The monoisotopic (exact) mass is 936 g/mol. The van der Waals surface area contributed by atoms with E-state index >= 15 is 0 Å². The predicted molar refractivity (Wildman–Crippen MR) is 235 cm³/mol. The molecule has 64 heavy (non-hydrogen) atoms. The number of halogens is 6. The van der Waals surface area contributed by atoms with Gasteiger partial charge in [-0.15, -0.1) is 0 Å². The van der Waals surface area contributed by atoms with E-state index in [1.807, 2.05) is 62.4 Å². The number of carbonyl (C=O) groups excluding carboxylic acids is 3. The highest BCUT2D eigenvalue weighted by Crippen LogP contribution is 2.26. The van der Waals surface area contributed by atoms with Crippen molar-refractivity contribution in [2.24, 2.45) is 0 Å². The zero-order valence-electron chi connectivity index (χ0n) is 35.8. The lowest BCUT2D eigenvalue weighted by atomic mass is 10.1. The van der Waals surface area contributed by atoms with Gasteiger partial charge in [0.25, 0.3) is 0 Å². The molecule has 346 valence electrons. The summed E-state index contributed by atoms with van der Waals surface area (Å²) in [6.45, 7) is 7.84. The maximum atomic E-state index is 14.2. The molecule has 0 aliphatic carbocycles. The molecule has 0 saturated heterocycles. The Bertz CT molecular complexity index is 2170. The van der Waals surface area contributed by atoms with Crippen LogP contribution in [0.1, 0.15) is 82.6 Å². The van der Waals surface area contributed by atoms with Gasteiger partial charge in [-0.2, -0.15) is 0 Å². The highest BCUT2D eigenvalue weighted by Gasteiger charge is 2.16. The van der Waals surface area contributed by atoms with Gasteiger partial charge in [0.05, 0.1) is 36.1 Å². The lowest BCUT2D eigenvalue weighted by Crippen LogP contribution is -2.10. The van der Waals surface area contributed by atoms with Crippen molar-refractivity contribution in [3.8, 4) is 11.5 Å². The Balaban J connectivity index is 0.000000879. The van der Waals surface area contributed by atoms with Crippen molar-refractivity contribution in [3.05, 3.63) is 164 Å². The molecule has 0 radical (unpaired) electrons. The maximum Gasteiger partial charge on any atom is 0.338 e. The molecule has 5 aromatic rings. The first-order chi connectivity index (χ1) is 30.4. The Morgan fingerprint density at radius 2 is 1.05 bits per heavy atom. The maximum absolute atomic E-state index is 14.2. The molecule has 2 unspecified atom stereocenters. The summed E-state index contributed by atoms with van der Waals surface area (Å²) in [7, 11) is 1.00. The van der Waals surface area contributed by atoms with Crippen LogP contribution in [0.2, 0.25) is 10.0 Å². The standard InChI is InChI=1S/C19H19FO4.C16H17FO2.C7H4Cl2O2.C3H4O3.2CH3F/c1-13-3-5-15(6-4-13)12-23-16-7-8-17(18(20)11-16)14(2)24-19(22)9-10-21;1-11-3-5-13(6-4-11)10-19-14-7-8-15(12(2)18)16(17)9-14;8-4-2-1-3-5(9)6(4)7(10)11;4-2-1-3(5)6;2*1-2/h3-8,10-11,14H,9,12H2,1-2H3;3-9,12,18H,10H2,1-2H3;1-3H,(H,10,11);2H,1H2,(H,5,6);2*1H3. The third-order valence-electron chi connectivity index (χ3n) is 7.88. The minimum absolute atomic E-state index is 0.0455. The first kappa shape index (κ1) is 57.7. The fourth-order valence-electron chi connectivity index (χ4n) is 4.72. The number of ether oxygens (including phenoxy) is 3.